The van der Waals surface area contributed by atoms with Gasteiger partial charge in [0.05, 0.1) is 13.2 Å². The molecule has 0 heterocycles. The molecule has 1 amide bonds. The SMILES string of the molecule is CC/C=C\C/C=C\C/C=C\C/C=C\C/C=C\CCCCCCCCCC(=O)OCC(O)COP(=O)(O)OCC(NC(=O)CCCCCCCCCCCCCCCCCCCCCCCCCC)C(=O)O. The Labute approximate surface area is 434 Å². The molecule has 0 aromatic rings. The van der Waals surface area contributed by atoms with Gasteiger partial charge in [-0.2, -0.15) is 0 Å². The molecule has 71 heavy (non-hydrogen) atoms. The van der Waals surface area contributed by atoms with Crippen molar-refractivity contribution in [2.75, 3.05) is 19.8 Å². The largest absolute Gasteiger partial charge is 0.480 e. The number of hydrogen-bond donors (Lipinski definition) is 4. The van der Waals surface area contributed by atoms with Crippen molar-refractivity contribution in [2.45, 2.75) is 276 Å². The van der Waals surface area contributed by atoms with Gasteiger partial charge in [-0.25, -0.2) is 9.36 Å². The predicted molar refractivity (Wildman–Crippen MR) is 295 cm³/mol. The molecule has 0 aliphatic rings. The van der Waals surface area contributed by atoms with E-state index in [-0.39, 0.29) is 12.8 Å². The molecule has 3 atom stereocenters. The first kappa shape index (κ1) is 68.2. The summed E-state index contributed by atoms with van der Waals surface area (Å²) < 4.78 is 27.0. The second kappa shape index (κ2) is 53.5. The van der Waals surface area contributed by atoms with Crippen LogP contribution in [0.5, 0.6) is 0 Å². The predicted octanol–water partition coefficient (Wildman–Crippen LogP) is 16.6. The number of carboxylic acids is 1. The Bertz CT molecular complexity index is 1430. The summed E-state index contributed by atoms with van der Waals surface area (Å²) in [5.41, 5.74) is 0. The topological polar surface area (TPSA) is 169 Å². The van der Waals surface area contributed by atoms with E-state index in [1.165, 1.54) is 141 Å². The van der Waals surface area contributed by atoms with Crippen LogP contribution in [0.25, 0.3) is 0 Å². The quantitative estimate of drug-likeness (QED) is 0.0199. The summed E-state index contributed by atoms with van der Waals surface area (Å²) in [5.74, 6) is -2.37. The summed E-state index contributed by atoms with van der Waals surface area (Å²) in [6.45, 7) is 2.52. The third-order valence-corrected chi connectivity index (χ3v) is 13.5. The van der Waals surface area contributed by atoms with Gasteiger partial charge in [0.1, 0.15) is 12.7 Å². The van der Waals surface area contributed by atoms with E-state index in [2.05, 4.69) is 79.9 Å². The molecule has 0 spiro atoms. The number of esters is 1. The Morgan fingerprint density at radius 2 is 0.817 bits per heavy atom. The van der Waals surface area contributed by atoms with Gasteiger partial charge in [0.15, 0.2) is 6.04 Å². The monoisotopic (exact) mass is 1020 g/mol. The fraction of sp³-hybridized carbons (Fsp3) is 0.780. The number of hydrogen-bond acceptors (Lipinski definition) is 8. The number of carboxylic acid groups (broad SMARTS) is 1. The maximum absolute atomic E-state index is 12.4. The van der Waals surface area contributed by atoms with Crippen LogP contribution in [0.15, 0.2) is 60.8 Å². The molecule has 4 N–H and O–H groups in total. The number of phosphoric acid groups is 1. The number of aliphatic carboxylic acids is 1. The molecule has 0 saturated heterocycles. The smallest absolute Gasteiger partial charge is 0.472 e. The number of amides is 1. The van der Waals surface area contributed by atoms with Crippen LogP contribution in [-0.4, -0.2) is 64.9 Å². The van der Waals surface area contributed by atoms with Crippen LogP contribution in [0.2, 0.25) is 0 Å². The summed E-state index contributed by atoms with van der Waals surface area (Å²) >= 11 is 0. The number of rotatable bonds is 54. The number of ether oxygens (including phenoxy) is 1. The molecule has 0 aliphatic heterocycles. The standard InChI is InChI=1S/C59H106NO10P/c1-3-5-7-9-11-13-15-17-19-21-23-25-27-29-30-32-34-36-38-40-42-44-46-48-50-57(62)60-56(59(64)65)54-70-71(66,67)69-53-55(61)52-68-58(63)51-49-47-45-43-41-39-37-35-33-31-28-26-24-22-20-18-16-14-12-10-8-6-4-2/h6,8,12,14,18,20,24,26,31,33,55-56,61H,3-5,7,9-11,13,15-17,19,21-23,25,27-30,32,34-54H2,1-2H3,(H,60,62)(H,64,65)(H,66,67)/b8-6-,14-12-,20-18-,26-24-,33-31-. The molecule has 0 bridgehead atoms. The summed E-state index contributed by atoms with van der Waals surface area (Å²) in [7, 11) is -4.77. The van der Waals surface area contributed by atoms with Crippen molar-refractivity contribution in [1.82, 2.24) is 5.32 Å². The molecule has 0 rings (SSSR count). The van der Waals surface area contributed by atoms with Gasteiger partial charge < -0.3 is 25.2 Å². The van der Waals surface area contributed by atoms with Crippen LogP contribution in [0.1, 0.15) is 264 Å². The average molecular weight is 1020 g/mol. The van der Waals surface area contributed by atoms with Gasteiger partial charge in [-0.05, 0) is 57.8 Å². The van der Waals surface area contributed by atoms with Crippen molar-refractivity contribution in [2.24, 2.45) is 0 Å². The first-order valence-electron chi connectivity index (χ1n) is 28.8. The van der Waals surface area contributed by atoms with Gasteiger partial charge in [0.2, 0.25) is 5.91 Å². The van der Waals surface area contributed by atoms with Gasteiger partial charge >= 0.3 is 19.8 Å². The summed E-state index contributed by atoms with van der Waals surface area (Å²) in [6.07, 6.45) is 65.3. The Balaban J connectivity index is 3.78. The normalized spacial score (nSPS) is 13.9. The molecule has 11 nitrogen and oxygen atoms in total. The van der Waals surface area contributed by atoms with Crippen LogP contribution in [0.3, 0.4) is 0 Å². The molecule has 12 heteroatoms. The van der Waals surface area contributed by atoms with Crippen LogP contribution in [-0.2, 0) is 32.7 Å². The van der Waals surface area contributed by atoms with E-state index in [4.69, 9.17) is 13.8 Å². The van der Waals surface area contributed by atoms with E-state index >= 15 is 0 Å². The highest BCUT2D eigenvalue weighted by Gasteiger charge is 2.28. The second-order valence-electron chi connectivity index (χ2n) is 19.5. The Kier molecular flexibility index (Phi) is 51.3. The van der Waals surface area contributed by atoms with Crippen molar-refractivity contribution >= 4 is 25.7 Å². The Morgan fingerprint density at radius 1 is 0.465 bits per heavy atom. The number of carbonyl (C=O) groups excluding carboxylic acids is 2. The highest BCUT2D eigenvalue weighted by molar-refractivity contribution is 7.47. The van der Waals surface area contributed by atoms with Gasteiger partial charge in [-0.3, -0.25) is 18.6 Å². The van der Waals surface area contributed by atoms with Crippen LogP contribution in [0, 0.1) is 0 Å². The molecule has 0 aliphatic carbocycles. The second-order valence-corrected chi connectivity index (χ2v) is 20.9. The van der Waals surface area contributed by atoms with E-state index in [0.717, 1.165) is 83.5 Å². The Hall–Kier alpha value is -2.82. The number of allylic oxidation sites excluding steroid dienone is 10. The molecule has 3 unspecified atom stereocenters. The van der Waals surface area contributed by atoms with Crippen molar-refractivity contribution in [1.29, 1.82) is 0 Å². The number of phosphoric ester groups is 1. The summed E-state index contributed by atoms with van der Waals surface area (Å²) in [6, 6.07) is -1.55. The fourth-order valence-electron chi connectivity index (χ4n) is 8.17. The Morgan fingerprint density at radius 3 is 1.23 bits per heavy atom. The van der Waals surface area contributed by atoms with E-state index in [9.17, 15) is 34.1 Å². The fourth-order valence-corrected chi connectivity index (χ4v) is 8.94. The lowest BCUT2D eigenvalue weighted by Gasteiger charge is -2.18. The van der Waals surface area contributed by atoms with Crippen LogP contribution >= 0.6 is 7.82 Å². The first-order chi connectivity index (χ1) is 34.6. The zero-order valence-corrected chi connectivity index (χ0v) is 46.2. The lowest BCUT2D eigenvalue weighted by molar-refractivity contribution is -0.147. The molecule has 0 aromatic carbocycles. The third-order valence-electron chi connectivity index (χ3n) is 12.6. The number of aliphatic hydroxyl groups is 1. The van der Waals surface area contributed by atoms with E-state index in [0.29, 0.717) is 12.8 Å². The summed E-state index contributed by atoms with van der Waals surface area (Å²) in [4.78, 5) is 46.3. The lowest BCUT2D eigenvalue weighted by atomic mass is 10.0. The average Bonchev–Trinajstić information content (AvgIpc) is 3.35. The highest BCUT2D eigenvalue weighted by atomic mass is 31.2. The minimum atomic E-state index is -4.77. The van der Waals surface area contributed by atoms with Gasteiger partial charge in [-0.1, -0.05) is 254 Å². The van der Waals surface area contributed by atoms with Gasteiger partial charge in [-0.15, -0.1) is 0 Å². The third kappa shape index (κ3) is 53.3. The molecular weight excluding hydrogens is 914 g/mol. The highest BCUT2D eigenvalue weighted by Crippen LogP contribution is 2.43. The van der Waals surface area contributed by atoms with Gasteiger partial charge in [0, 0.05) is 12.8 Å². The number of unbranched alkanes of at least 4 members (excludes halogenated alkanes) is 30. The number of aliphatic hydroxyl groups excluding tert-OH is 1. The first-order valence-corrected chi connectivity index (χ1v) is 30.3. The lowest BCUT2D eigenvalue weighted by Crippen LogP contribution is -2.43. The van der Waals surface area contributed by atoms with E-state index < -0.39 is 57.6 Å². The molecule has 0 saturated carbocycles. The van der Waals surface area contributed by atoms with Crippen molar-refractivity contribution in [3.05, 3.63) is 60.8 Å². The van der Waals surface area contributed by atoms with Gasteiger partial charge in [0.25, 0.3) is 0 Å². The number of nitrogens with one attached hydrogen (secondary N) is 1. The maximum atomic E-state index is 12.4. The molecular formula is C59H106NO10P. The van der Waals surface area contributed by atoms with E-state index in [1.54, 1.807) is 0 Å². The van der Waals surface area contributed by atoms with Crippen molar-refractivity contribution < 1.29 is 47.8 Å². The van der Waals surface area contributed by atoms with Crippen molar-refractivity contribution in [3.63, 3.8) is 0 Å². The molecule has 412 valence electrons. The summed E-state index contributed by atoms with van der Waals surface area (Å²) in [5, 5.41) is 22.0. The zero-order valence-electron chi connectivity index (χ0n) is 45.3. The molecule has 0 fully saturated rings. The van der Waals surface area contributed by atoms with Crippen LogP contribution in [0.4, 0.5) is 0 Å². The van der Waals surface area contributed by atoms with Crippen molar-refractivity contribution in [3.8, 4) is 0 Å². The molecule has 0 radical (unpaired) electrons. The van der Waals surface area contributed by atoms with E-state index in [1.807, 2.05) is 0 Å². The maximum Gasteiger partial charge on any atom is 0.472 e. The minimum absolute atomic E-state index is 0.148. The minimum Gasteiger partial charge on any atom is -0.480 e. The van der Waals surface area contributed by atoms with Crippen LogP contribution < -0.4 is 5.32 Å². The zero-order chi connectivity index (χ0) is 52.0. The molecule has 0 aromatic heterocycles. The number of carbonyl (C=O) groups is 3.